The quantitative estimate of drug-likeness (QED) is 0.619. The second-order valence-corrected chi connectivity index (χ2v) is 6.79. The lowest BCUT2D eigenvalue weighted by molar-refractivity contribution is 0.235. The average molecular weight is 342 g/mol. The number of hydrogen-bond acceptors (Lipinski definition) is 1. The summed E-state index contributed by atoms with van der Waals surface area (Å²) in [5.74, 6) is 0.600. The highest BCUT2D eigenvalue weighted by molar-refractivity contribution is 6.30. The van der Waals surface area contributed by atoms with Gasteiger partial charge in [0.15, 0.2) is 5.96 Å². The van der Waals surface area contributed by atoms with E-state index in [9.17, 15) is 0 Å². The zero-order valence-electron chi connectivity index (χ0n) is 13.9. The number of para-hydroxylation sites is 1. The second-order valence-electron chi connectivity index (χ2n) is 6.35. The summed E-state index contributed by atoms with van der Waals surface area (Å²) >= 11 is 6.00. The Balaban J connectivity index is 1.83. The largest absolute Gasteiger partial charge is 0.369 e. The van der Waals surface area contributed by atoms with E-state index < -0.39 is 0 Å². The van der Waals surface area contributed by atoms with E-state index in [4.69, 9.17) is 17.3 Å². The minimum Gasteiger partial charge on any atom is -0.369 e. The minimum absolute atomic E-state index is 0.460. The highest BCUT2D eigenvalue weighted by Gasteiger charge is 2.23. The summed E-state index contributed by atoms with van der Waals surface area (Å²) < 4.78 is 0. The van der Waals surface area contributed by atoms with Gasteiger partial charge in [-0.1, -0.05) is 61.2 Å². The van der Waals surface area contributed by atoms with Crippen molar-refractivity contribution in [2.45, 2.75) is 44.7 Å². The predicted octanol–water partition coefficient (Wildman–Crippen LogP) is 5.12. The topological polar surface area (TPSA) is 41.6 Å². The summed E-state index contributed by atoms with van der Waals surface area (Å²) in [6, 6.07) is 18.4. The van der Waals surface area contributed by atoms with Crippen LogP contribution in [0.25, 0.3) is 0 Å². The smallest absolute Gasteiger partial charge is 0.197 e. The van der Waals surface area contributed by atoms with Crippen LogP contribution in [0.1, 0.15) is 37.7 Å². The van der Waals surface area contributed by atoms with Crippen LogP contribution in [0.3, 0.4) is 0 Å². The fourth-order valence-electron chi connectivity index (χ4n) is 3.28. The molecule has 4 heteroatoms. The number of rotatable bonds is 4. The van der Waals surface area contributed by atoms with Crippen molar-refractivity contribution in [1.29, 1.82) is 0 Å². The average Bonchev–Trinajstić information content (AvgIpc) is 2.63. The Labute approximate surface area is 149 Å². The number of benzene rings is 2. The van der Waals surface area contributed by atoms with Gasteiger partial charge in [0.2, 0.25) is 0 Å². The molecule has 0 heterocycles. The van der Waals surface area contributed by atoms with Crippen molar-refractivity contribution in [3.8, 4) is 0 Å². The van der Waals surface area contributed by atoms with E-state index in [1.54, 1.807) is 0 Å². The Hall–Kier alpha value is -2.00. The van der Waals surface area contributed by atoms with Crippen molar-refractivity contribution >= 4 is 23.2 Å². The molecule has 2 N–H and O–H groups in total. The maximum absolute atomic E-state index is 6.41. The van der Waals surface area contributed by atoms with Crippen LogP contribution in [0.4, 0.5) is 5.69 Å². The van der Waals surface area contributed by atoms with Crippen LogP contribution in [-0.4, -0.2) is 16.9 Å². The first-order valence-electron chi connectivity index (χ1n) is 8.63. The molecule has 1 aliphatic carbocycles. The molecular formula is C20H24ClN3. The standard InChI is InChI=1S/C20H24ClN3/c21-17-13-11-16(12-14-17)15-24(19-9-5-2-6-10-19)20(22)23-18-7-3-1-4-8-18/h1,3-4,7-8,11-14,19H,2,5-6,9-10,15H2,(H2,22,23). The fourth-order valence-corrected chi connectivity index (χ4v) is 3.40. The van der Waals surface area contributed by atoms with Gasteiger partial charge in [-0.3, -0.25) is 0 Å². The van der Waals surface area contributed by atoms with Gasteiger partial charge in [-0.15, -0.1) is 0 Å². The van der Waals surface area contributed by atoms with Crippen LogP contribution in [0.2, 0.25) is 5.02 Å². The lowest BCUT2D eigenvalue weighted by Gasteiger charge is -2.35. The van der Waals surface area contributed by atoms with Gasteiger partial charge in [0.25, 0.3) is 0 Å². The molecule has 0 radical (unpaired) electrons. The van der Waals surface area contributed by atoms with Crippen molar-refractivity contribution in [3.63, 3.8) is 0 Å². The second kappa shape index (κ2) is 8.20. The molecule has 0 saturated heterocycles. The zero-order valence-corrected chi connectivity index (χ0v) is 14.6. The van der Waals surface area contributed by atoms with Crippen molar-refractivity contribution in [3.05, 3.63) is 65.2 Å². The van der Waals surface area contributed by atoms with Crippen LogP contribution in [0.5, 0.6) is 0 Å². The molecule has 0 aliphatic heterocycles. The SMILES string of the molecule is NC(=Nc1ccccc1)N(Cc1ccc(Cl)cc1)C1CCCCC1. The Kier molecular flexibility index (Phi) is 5.76. The Morgan fingerprint density at radius 2 is 1.67 bits per heavy atom. The third-order valence-electron chi connectivity index (χ3n) is 4.58. The first kappa shape index (κ1) is 16.8. The van der Waals surface area contributed by atoms with E-state index >= 15 is 0 Å². The Morgan fingerprint density at radius 3 is 2.33 bits per heavy atom. The first-order valence-corrected chi connectivity index (χ1v) is 9.00. The van der Waals surface area contributed by atoms with Gasteiger partial charge in [-0.25, -0.2) is 4.99 Å². The fraction of sp³-hybridized carbons (Fsp3) is 0.350. The van der Waals surface area contributed by atoms with Crippen LogP contribution < -0.4 is 5.73 Å². The molecular weight excluding hydrogens is 318 g/mol. The zero-order chi connectivity index (χ0) is 16.8. The highest BCUT2D eigenvalue weighted by atomic mass is 35.5. The van der Waals surface area contributed by atoms with E-state index in [0.717, 1.165) is 17.3 Å². The van der Waals surface area contributed by atoms with E-state index in [-0.39, 0.29) is 0 Å². The van der Waals surface area contributed by atoms with Crippen molar-refractivity contribution in [2.24, 2.45) is 10.7 Å². The molecule has 0 unspecified atom stereocenters. The number of aliphatic imine (C=N–C) groups is 1. The molecule has 0 bridgehead atoms. The molecule has 1 saturated carbocycles. The van der Waals surface area contributed by atoms with Crippen molar-refractivity contribution in [2.75, 3.05) is 0 Å². The normalized spacial score (nSPS) is 16.1. The summed E-state index contributed by atoms with van der Waals surface area (Å²) in [5.41, 5.74) is 8.51. The van der Waals surface area contributed by atoms with E-state index in [2.05, 4.69) is 22.0 Å². The minimum atomic E-state index is 0.460. The maximum Gasteiger partial charge on any atom is 0.197 e. The van der Waals surface area contributed by atoms with Crippen molar-refractivity contribution < 1.29 is 0 Å². The van der Waals surface area contributed by atoms with E-state index in [1.807, 2.05) is 42.5 Å². The summed E-state index contributed by atoms with van der Waals surface area (Å²) in [6.07, 6.45) is 6.21. The molecule has 0 amide bonds. The van der Waals surface area contributed by atoms with Crippen LogP contribution in [-0.2, 0) is 6.54 Å². The monoisotopic (exact) mass is 341 g/mol. The summed E-state index contributed by atoms with van der Waals surface area (Å²) in [6.45, 7) is 0.768. The number of guanidine groups is 1. The van der Waals surface area contributed by atoms with Gasteiger partial charge in [0, 0.05) is 17.6 Å². The van der Waals surface area contributed by atoms with Gasteiger partial charge in [0.1, 0.15) is 0 Å². The van der Waals surface area contributed by atoms with Gasteiger partial charge in [-0.2, -0.15) is 0 Å². The Morgan fingerprint density at radius 1 is 1.00 bits per heavy atom. The number of hydrogen-bond donors (Lipinski definition) is 1. The lowest BCUT2D eigenvalue weighted by atomic mass is 9.94. The summed E-state index contributed by atoms with van der Waals surface area (Å²) in [7, 11) is 0. The molecule has 1 fully saturated rings. The van der Waals surface area contributed by atoms with Crippen LogP contribution in [0, 0.1) is 0 Å². The van der Waals surface area contributed by atoms with Crippen LogP contribution >= 0.6 is 11.6 Å². The van der Waals surface area contributed by atoms with Gasteiger partial charge >= 0.3 is 0 Å². The molecule has 0 atom stereocenters. The molecule has 1 aliphatic rings. The highest BCUT2D eigenvalue weighted by Crippen LogP contribution is 2.25. The molecule has 3 nitrogen and oxygen atoms in total. The predicted molar refractivity (Wildman–Crippen MR) is 102 cm³/mol. The molecule has 24 heavy (non-hydrogen) atoms. The molecule has 0 spiro atoms. The van der Waals surface area contributed by atoms with Crippen molar-refractivity contribution in [1.82, 2.24) is 4.90 Å². The molecule has 126 valence electrons. The molecule has 2 aromatic rings. The lowest BCUT2D eigenvalue weighted by Crippen LogP contribution is -2.44. The van der Waals surface area contributed by atoms with Gasteiger partial charge in [-0.05, 0) is 42.7 Å². The van der Waals surface area contributed by atoms with Crippen LogP contribution in [0.15, 0.2) is 59.6 Å². The summed E-state index contributed by atoms with van der Waals surface area (Å²) in [5, 5.41) is 0.758. The third kappa shape index (κ3) is 4.51. The Bertz CT molecular complexity index is 661. The first-order chi connectivity index (χ1) is 11.7. The number of nitrogens with two attached hydrogens (primary N) is 1. The molecule has 0 aromatic heterocycles. The summed E-state index contributed by atoms with van der Waals surface area (Å²) in [4.78, 5) is 6.90. The third-order valence-corrected chi connectivity index (χ3v) is 4.83. The van der Waals surface area contributed by atoms with E-state index in [1.165, 1.54) is 37.7 Å². The van der Waals surface area contributed by atoms with E-state index in [0.29, 0.717) is 12.0 Å². The number of halogens is 1. The molecule has 3 rings (SSSR count). The maximum atomic E-state index is 6.41. The van der Waals surface area contributed by atoms with Gasteiger partial charge in [0.05, 0.1) is 5.69 Å². The van der Waals surface area contributed by atoms with Gasteiger partial charge < -0.3 is 10.6 Å². The molecule has 2 aromatic carbocycles. The number of nitrogens with zero attached hydrogens (tertiary/aromatic N) is 2.